The lowest BCUT2D eigenvalue weighted by Gasteiger charge is -2.39. The number of hydrogen-bond donors (Lipinski definition) is 0. The molecule has 2 fully saturated rings. The third-order valence-corrected chi connectivity index (χ3v) is 5.19. The molecule has 0 aliphatic carbocycles. The van der Waals surface area contributed by atoms with Gasteiger partial charge in [-0.25, -0.2) is 14.8 Å². The number of morpholine rings is 1. The molecule has 4 heterocycles. The van der Waals surface area contributed by atoms with Gasteiger partial charge in [0.05, 0.1) is 18.6 Å². The summed E-state index contributed by atoms with van der Waals surface area (Å²) in [5, 5.41) is 3.14. The van der Waals surface area contributed by atoms with Crippen LogP contribution in [0.5, 0.6) is 0 Å². The van der Waals surface area contributed by atoms with Gasteiger partial charge in [0.1, 0.15) is 17.0 Å². The van der Waals surface area contributed by atoms with Gasteiger partial charge in [-0.15, -0.1) is 11.3 Å². The van der Waals surface area contributed by atoms with Gasteiger partial charge in [-0.1, -0.05) is 0 Å². The van der Waals surface area contributed by atoms with E-state index in [1.807, 2.05) is 15.2 Å². The molecule has 122 valence electrons. The molecule has 0 bridgehead atoms. The molecule has 7 nitrogen and oxygen atoms in total. The van der Waals surface area contributed by atoms with Crippen molar-refractivity contribution in [3.63, 3.8) is 0 Å². The summed E-state index contributed by atoms with van der Waals surface area (Å²) in [5.41, 5.74) is 0. The number of aromatic nitrogens is 2. The van der Waals surface area contributed by atoms with Gasteiger partial charge >= 0.3 is 6.03 Å². The molecular formula is C15H19N5O2S. The van der Waals surface area contributed by atoms with Crippen LogP contribution in [0.3, 0.4) is 0 Å². The fourth-order valence-electron chi connectivity index (χ4n) is 3.09. The zero-order valence-electron chi connectivity index (χ0n) is 12.8. The first-order valence-corrected chi connectivity index (χ1v) is 8.75. The number of carbonyl (C=O) groups excluding carboxylic acids is 1. The van der Waals surface area contributed by atoms with E-state index in [1.165, 1.54) is 0 Å². The summed E-state index contributed by atoms with van der Waals surface area (Å²) in [6.45, 7) is 5.74. The molecule has 2 saturated heterocycles. The highest BCUT2D eigenvalue weighted by Gasteiger charge is 2.27. The first kappa shape index (κ1) is 14.6. The maximum absolute atomic E-state index is 12.5. The summed E-state index contributed by atoms with van der Waals surface area (Å²) in [5.74, 6) is 0.981. The maximum atomic E-state index is 12.5. The fourth-order valence-corrected chi connectivity index (χ4v) is 3.82. The average Bonchev–Trinajstić information content (AvgIpc) is 3.11. The van der Waals surface area contributed by atoms with Crippen LogP contribution >= 0.6 is 11.3 Å². The monoisotopic (exact) mass is 333 g/mol. The molecule has 0 unspecified atom stereocenters. The Labute approximate surface area is 138 Å². The second-order valence-electron chi connectivity index (χ2n) is 5.69. The van der Waals surface area contributed by atoms with E-state index in [9.17, 15) is 4.79 Å². The molecule has 0 radical (unpaired) electrons. The summed E-state index contributed by atoms with van der Waals surface area (Å²) in [6.07, 6.45) is 1.62. The predicted octanol–water partition coefficient (Wildman–Crippen LogP) is 1.27. The van der Waals surface area contributed by atoms with Crippen molar-refractivity contribution in [2.75, 3.05) is 57.4 Å². The summed E-state index contributed by atoms with van der Waals surface area (Å²) in [4.78, 5) is 28.4. The van der Waals surface area contributed by atoms with Crippen molar-refractivity contribution in [2.45, 2.75) is 0 Å². The summed E-state index contributed by atoms with van der Waals surface area (Å²) >= 11 is 1.63. The molecule has 2 aromatic rings. The summed E-state index contributed by atoms with van der Waals surface area (Å²) in [6, 6.07) is 2.21. The van der Waals surface area contributed by atoms with E-state index >= 15 is 0 Å². The highest BCUT2D eigenvalue weighted by molar-refractivity contribution is 7.16. The number of ether oxygens (including phenoxy) is 1. The Morgan fingerprint density at radius 1 is 1.04 bits per heavy atom. The van der Waals surface area contributed by atoms with Crippen LogP contribution < -0.4 is 4.90 Å². The highest BCUT2D eigenvalue weighted by Crippen LogP contribution is 2.27. The van der Waals surface area contributed by atoms with Crippen molar-refractivity contribution >= 4 is 33.4 Å². The van der Waals surface area contributed by atoms with Gasteiger partial charge in [0.15, 0.2) is 0 Å². The van der Waals surface area contributed by atoms with Crippen molar-refractivity contribution < 1.29 is 9.53 Å². The molecule has 4 rings (SSSR count). The molecule has 0 spiro atoms. The van der Waals surface area contributed by atoms with E-state index in [4.69, 9.17) is 4.74 Å². The molecule has 0 atom stereocenters. The number of carbonyl (C=O) groups is 1. The number of rotatable bonds is 1. The van der Waals surface area contributed by atoms with Gasteiger partial charge in [0, 0.05) is 39.3 Å². The average molecular weight is 333 g/mol. The summed E-state index contributed by atoms with van der Waals surface area (Å²) < 4.78 is 5.31. The normalized spacial score (nSPS) is 19.4. The molecule has 2 amide bonds. The number of hydrogen-bond acceptors (Lipinski definition) is 6. The zero-order chi connectivity index (χ0) is 15.6. The second-order valence-corrected chi connectivity index (χ2v) is 6.59. The highest BCUT2D eigenvalue weighted by atomic mass is 32.1. The molecule has 8 heteroatoms. The van der Waals surface area contributed by atoms with Crippen molar-refractivity contribution in [1.82, 2.24) is 19.8 Å². The van der Waals surface area contributed by atoms with Crippen LogP contribution in [-0.2, 0) is 4.74 Å². The van der Waals surface area contributed by atoms with Crippen LogP contribution in [0.4, 0.5) is 10.6 Å². The largest absolute Gasteiger partial charge is 0.378 e. The predicted molar refractivity (Wildman–Crippen MR) is 89.0 cm³/mol. The van der Waals surface area contributed by atoms with Gasteiger partial charge < -0.3 is 19.4 Å². The zero-order valence-corrected chi connectivity index (χ0v) is 13.7. The van der Waals surface area contributed by atoms with Crippen LogP contribution in [0.2, 0.25) is 0 Å². The number of nitrogens with zero attached hydrogens (tertiary/aromatic N) is 5. The lowest BCUT2D eigenvalue weighted by Crippen LogP contribution is -2.55. The molecular weight excluding hydrogens is 314 g/mol. The number of urea groups is 1. The lowest BCUT2D eigenvalue weighted by molar-refractivity contribution is 0.0428. The van der Waals surface area contributed by atoms with Crippen LogP contribution in [0.1, 0.15) is 0 Å². The molecule has 2 aromatic heterocycles. The first-order valence-electron chi connectivity index (χ1n) is 7.88. The van der Waals surface area contributed by atoms with E-state index < -0.39 is 0 Å². The minimum absolute atomic E-state index is 0.135. The maximum Gasteiger partial charge on any atom is 0.320 e. The second kappa shape index (κ2) is 6.29. The number of fused-ring (bicyclic) bond motifs is 1. The molecule has 23 heavy (non-hydrogen) atoms. The molecule has 0 N–H and O–H groups in total. The Balaban J connectivity index is 1.42. The first-order chi connectivity index (χ1) is 11.3. The Morgan fingerprint density at radius 3 is 2.57 bits per heavy atom. The van der Waals surface area contributed by atoms with Crippen molar-refractivity contribution in [2.24, 2.45) is 0 Å². The topological polar surface area (TPSA) is 61.8 Å². The lowest BCUT2D eigenvalue weighted by atomic mass is 10.3. The van der Waals surface area contributed by atoms with Crippen LogP contribution in [0.25, 0.3) is 10.2 Å². The Bertz CT molecular complexity index is 692. The Morgan fingerprint density at radius 2 is 1.78 bits per heavy atom. The molecule has 0 saturated carbocycles. The van der Waals surface area contributed by atoms with Gasteiger partial charge in [-0.05, 0) is 11.4 Å². The van der Waals surface area contributed by atoms with Crippen molar-refractivity contribution in [3.05, 3.63) is 17.8 Å². The van der Waals surface area contributed by atoms with Crippen LogP contribution in [0.15, 0.2) is 17.8 Å². The number of piperazine rings is 1. The number of amides is 2. The van der Waals surface area contributed by atoms with E-state index in [-0.39, 0.29) is 6.03 Å². The third kappa shape index (κ3) is 2.84. The van der Waals surface area contributed by atoms with Gasteiger partial charge in [-0.3, -0.25) is 0 Å². The van der Waals surface area contributed by atoms with E-state index in [0.717, 1.165) is 42.2 Å². The fraction of sp³-hybridized carbons (Fsp3) is 0.533. The van der Waals surface area contributed by atoms with E-state index in [2.05, 4.69) is 20.9 Å². The van der Waals surface area contributed by atoms with Gasteiger partial charge in [-0.2, -0.15) is 0 Å². The molecule has 2 aliphatic rings. The smallest absolute Gasteiger partial charge is 0.320 e. The van der Waals surface area contributed by atoms with Crippen molar-refractivity contribution in [3.8, 4) is 0 Å². The SMILES string of the molecule is O=C(N1CCOCC1)N1CCN(c2ncnc3sccc23)CC1. The van der Waals surface area contributed by atoms with E-state index in [0.29, 0.717) is 26.3 Å². The van der Waals surface area contributed by atoms with Gasteiger partial charge in [0.2, 0.25) is 0 Å². The van der Waals surface area contributed by atoms with Gasteiger partial charge in [0.25, 0.3) is 0 Å². The Hall–Kier alpha value is -1.93. The minimum Gasteiger partial charge on any atom is -0.378 e. The third-order valence-electron chi connectivity index (χ3n) is 4.37. The van der Waals surface area contributed by atoms with E-state index in [1.54, 1.807) is 17.7 Å². The summed E-state index contributed by atoms with van der Waals surface area (Å²) in [7, 11) is 0. The van der Waals surface area contributed by atoms with Crippen molar-refractivity contribution in [1.29, 1.82) is 0 Å². The quantitative estimate of drug-likeness (QED) is 0.786. The van der Waals surface area contributed by atoms with Crippen LogP contribution in [-0.4, -0.2) is 78.3 Å². The number of thiophene rings is 1. The number of anilines is 1. The molecule has 0 aromatic carbocycles. The van der Waals surface area contributed by atoms with Crippen LogP contribution in [0, 0.1) is 0 Å². The molecule has 2 aliphatic heterocycles. The minimum atomic E-state index is 0.135. The Kier molecular flexibility index (Phi) is 4.00. The standard InChI is InChI=1S/C15H19N5O2S/c21-15(20-6-8-22-9-7-20)19-4-2-18(3-5-19)13-12-1-10-23-14(12)17-11-16-13/h1,10-11H,2-9H2.